The minimum atomic E-state index is -0.243. The summed E-state index contributed by atoms with van der Waals surface area (Å²) in [5.41, 5.74) is 1.52. The molecule has 0 aliphatic rings. The highest BCUT2D eigenvalue weighted by molar-refractivity contribution is 9.10. The van der Waals surface area contributed by atoms with Gasteiger partial charge in [0.25, 0.3) is 0 Å². The lowest BCUT2D eigenvalue weighted by Gasteiger charge is -2.18. The number of nitrogens with one attached hydrogen (secondary N) is 1. The van der Waals surface area contributed by atoms with Crippen LogP contribution in [0.2, 0.25) is 0 Å². The molecule has 20 heavy (non-hydrogen) atoms. The van der Waals surface area contributed by atoms with Crippen LogP contribution >= 0.6 is 15.9 Å². The molecule has 0 saturated heterocycles. The Balaban J connectivity index is 2.36. The van der Waals surface area contributed by atoms with Crippen molar-refractivity contribution in [2.75, 3.05) is 5.32 Å². The van der Waals surface area contributed by atoms with E-state index in [2.05, 4.69) is 52.0 Å². The van der Waals surface area contributed by atoms with Crippen molar-refractivity contribution < 1.29 is 4.39 Å². The van der Waals surface area contributed by atoms with E-state index >= 15 is 0 Å². The van der Waals surface area contributed by atoms with E-state index in [0.29, 0.717) is 5.82 Å². The number of nitrogens with zero attached hydrogens (tertiary/aromatic N) is 2. The van der Waals surface area contributed by atoms with Crippen LogP contribution in [0, 0.1) is 12.7 Å². The third kappa shape index (κ3) is 3.54. The van der Waals surface area contributed by atoms with Crippen LogP contribution in [0.15, 0.2) is 28.9 Å². The van der Waals surface area contributed by atoms with Crippen LogP contribution < -0.4 is 5.32 Å². The lowest BCUT2D eigenvalue weighted by Crippen LogP contribution is -2.17. The molecule has 0 radical (unpaired) electrons. The number of hydrogen-bond donors (Lipinski definition) is 1. The van der Waals surface area contributed by atoms with Gasteiger partial charge in [-0.25, -0.2) is 14.4 Å². The highest BCUT2D eigenvalue weighted by Gasteiger charge is 2.18. The molecule has 0 aliphatic heterocycles. The van der Waals surface area contributed by atoms with E-state index < -0.39 is 0 Å². The molecule has 106 valence electrons. The summed E-state index contributed by atoms with van der Waals surface area (Å²) >= 11 is 3.40. The number of aryl methyl sites for hydroxylation is 1. The zero-order valence-corrected chi connectivity index (χ0v) is 13.5. The van der Waals surface area contributed by atoms with Gasteiger partial charge < -0.3 is 5.32 Å². The molecule has 1 heterocycles. The van der Waals surface area contributed by atoms with Crippen molar-refractivity contribution in [1.29, 1.82) is 0 Å². The third-order valence-corrected chi connectivity index (χ3v) is 3.22. The highest BCUT2D eigenvalue weighted by atomic mass is 79.9. The Labute approximate surface area is 126 Å². The molecule has 3 nitrogen and oxygen atoms in total. The fraction of sp³-hybridized carbons (Fsp3) is 0.333. The van der Waals surface area contributed by atoms with Gasteiger partial charge in [0.15, 0.2) is 0 Å². The number of hydrogen-bond acceptors (Lipinski definition) is 3. The van der Waals surface area contributed by atoms with Crippen LogP contribution in [0.5, 0.6) is 0 Å². The van der Waals surface area contributed by atoms with Crippen molar-refractivity contribution in [3.8, 4) is 0 Å². The van der Waals surface area contributed by atoms with Crippen molar-refractivity contribution in [1.82, 2.24) is 9.97 Å². The average Bonchev–Trinajstić information content (AvgIpc) is 2.31. The molecule has 0 fully saturated rings. The van der Waals surface area contributed by atoms with E-state index in [4.69, 9.17) is 0 Å². The summed E-state index contributed by atoms with van der Waals surface area (Å²) in [7, 11) is 0. The van der Waals surface area contributed by atoms with Crippen molar-refractivity contribution in [3.63, 3.8) is 0 Å². The fourth-order valence-corrected chi connectivity index (χ4v) is 2.11. The molecule has 1 aromatic heterocycles. The van der Waals surface area contributed by atoms with Crippen molar-refractivity contribution in [2.45, 2.75) is 33.1 Å². The molecule has 1 aromatic carbocycles. The molecule has 2 rings (SSSR count). The molecular weight excluding hydrogens is 321 g/mol. The third-order valence-electron chi connectivity index (χ3n) is 2.82. The van der Waals surface area contributed by atoms with E-state index in [1.807, 2.05) is 6.92 Å². The van der Waals surface area contributed by atoms with Crippen LogP contribution in [0.1, 0.15) is 32.2 Å². The minimum absolute atomic E-state index is 0.141. The number of halogens is 2. The van der Waals surface area contributed by atoms with E-state index in [1.165, 1.54) is 12.1 Å². The Morgan fingerprint density at radius 2 is 1.85 bits per heavy atom. The summed E-state index contributed by atoms with van der Waals surface area (Å²) in [4.78, 5) is 8.91. The maximum absolute atomic E-state index is 13.1. The molecule has 0 saturated carbocycles. The molecule has 0 atom stereocenters. The van der Waals surface area contributed by atoms with Gasteiger partial charge >= 0.3 is 0 Å². The Morgan fingerprint density at radius 3 is 2.45 bits per heavy atom. The first-order valence-corrected chi connectivity index (χ1v) is 7.13. The van der Waals surface area contributed by atoms with Crippen molar-refractivity contribution in [2.24, 2.45) is 0 Å². The SMILES string of the molecule is Cc1cc(F)ccc1Nc1cc(Br)nc(C(C)(C)C)n1. The standard InChI is InChI=1S/C15H17BrFN3/c1-9-7-10(17)5-6-11(9)18-13-8-12(16)19-14(20-13)15(2,3)4/h5-8H,1-4H3,(H,18,19,20). The van der Waals surface area contributed by atoms with Crippen molar-refractivity contribution >= 4 is 27.4 Å². The number of benzene rings is 1. The van der Waals surface area contributed by atoms with Crippen LogP contribution in [0.4, 0.5) is 15.9 Å². The Morgan fingerprint density at radius 1 is 1.15 bits per heavy atom. The van der Waals surface area contributed by atoms with Gasteiger partial charge in [-0.15, -0.1) is 0 Å². The molecule has 5 heteroatoms. The first-order chi connectivity index (χ1) is 9.25. The second-order valence-electron chi connectivity index (χ2n) is 5.73. The molecule has 0 aliphatic carbocycles. The smallest absolute Gasteiger partial charge is 0.137 e. The van der Waals surface area contributed by atoms with Gasteiger partial charge in [-0.3, -0.25) is 0 Å². The molecule has 2 aromatic rings. The number of anilines is 2. The van der Waals surface area contributed by atoms with Gasteiger partial charge in [-0.2, -0.15) is 0 Å². The maximum atomic E-state index is 13.1. The zero-order chi connectivity index (χ0) is 14.9. The Kier molecular flexibility index (Phi) is 4.09. The minimum Gasteiger partial charge on any atom is -0.340 e. The van der Waals surface area contributed by atoms with Gasteiger partial charge in [0.05, 0.1) is 0 Å². The van der Waals surface area contributed by atoms with E-state index in [1.54, 1.807) is 12.1 Å². The normalized spacial score (nSPS) is 11.5. The van der Waals surface area contributed by atoms with Crippen LogP contribution in [-0.2, 0) is 5.41 Å². The van der Waals surface area contributed by atoms with E-state index in [9.17, 15) is 4.39 Å². The summed E-state index contributed by atoms with van der Waals surface area (Å²) in [6.07, 6.45) is 0. The van der Waals surface area contributed by atoms with Gasteiger partial charge in [-0.1, -0.05) is 20.8 Å². The van der Waals surface area contributed by atoms with Crippen LogP contribution in [-0.4, -0.2) is 9.97 Å². The first kappa shape index (κ1) is 14.9. The maximum Gasteiger partial charge on any atom is 0.137 e. The predicted molar refractivity (Wildman–Crippen MR) is 82.9 cm³/mol. The topological polar surface area (TPSA) is 37.8 Å². The van der Waals surface area contributed by atoms with Gasteiger partial charge in [0, 0.05) is 17.2 Å². The number of aromatic nitrogens is 2. The molecule has 0 unspecified atom stereocenters. The second-order valence-corrected chi connectivity index (χ2v) is 6.55. The van der Waals surface area contributed by atoms with Crippen molar-refractivity contribution in [3.05, 3.63) is 46.1 Å². The largest absolute Gasteiger partial charge is 0.340 e. The lowest BCUT2D eigenvalue weighted by molar-refractivity contribution is 0.544. The first-order valence-electron chi connectivity index (χ1n) is 6.34. The summed E-state index contributed by atoms with van der Waals surface area (Å²) in [5.74, 6) is 1.19. The molecule has 1 N–H and O–H groups in total. The Bertz CT molecular complexity index is 636. The lowest BCUT2D eigenvalue weighted by atomic mass is 9.96. The fourth-order valence-electron chi connectivity index (χ4n) is 1.72. The predicted octanol–water partition coefficient (Wildman–Crippen LogP) is 4.73. The molecule has 0 bridgehead atoms. The molecular formula is C15H17BrFN3. The van der Waals surface area contributed by atoms with E-state index in [-0.39, 0.29) is 11.2 Å². The highest BCUT2D eigenvalue weighted by Crippen LogP contribution is 2.25. The van der Waals surface area contributed by atoms with E-state index in [0.717, 1.165) is 21.7 Å². The summed E-state index contributed by atoms with van der Waals surface area (Å²) < 4.78 is 13.8. The average molecular weight is 338 g/mol. The summed E-state index contributed by atoms with van der Waals surface area (Å²) in [6, 6.07) is 6.43. The molecule has 0 spiro atoms. The summed E-state index contributed by atoms with van der Waals surface area (Å²) in [6.45, 7) is 8.03. The zero-order valence-electron chi connectivity index (χ0n) is 12.0. The monoisotopic (exact) mass is 337 g/mol. The molecule has 0 amide bonds. The van der Waals surface area contributed by atoms with Crippen LogP contribution in [0.3, 0.4) is 0 Å². The Hall–Kier alpha value is -1.49. The van der Waals surface area contributed by atoms with Gasteiger partial charge in [0.2, 0.25) is 0 Å². The summed E-state index contributed by atoms with van der Waals surface area (Å²) in [5, 5.41) is 3.20. The van der Waals surface area contributed by atoms with Crippen LogP contribution in [0.25, 0.3) is 0 Å². The van der Waals surface area contributed by atoms with Gasteiger partial charge in [0.1, 0.15) is 22.1 Å². The van der Waals surface area contributed by atoms with Gasteiger partial charge in [-0.05, 0) is 46.6 Å². The second kappa shape index (κ2) is 5.48. The number of rotatable bonds is 2. The quantitative estimate of drug-likeness (QED) is 0.805.